The zero-order valence-corrected chi connectivity index (χ0v) is 20.3. The third kappa shape index (κ3) is 7.01. The summed E-state index contributed by atoms with van der Waals surface area (Å²) in [7, 11) is 0. The lowest BCUT2D eigenvalue weighted by atomic mass is 10.1. The number of alkyl carbamates (subject to hydrolysis) is 1. The molecule has 0 saturated heterocycles. The Bertz CT molecular complexity index is 1190. The van der Waals surface area contributed by atoms with Crippen molar-refractivity contribution in [2.24, 2.45) is 0 Å². The van der Waals surface area contributed by atoms with E-state index in [4.69, 9.17) is 14.2 Å². The molecule has 0 aliphatic heterocycles. The molecule has 2 N–H and O–H groups in total. The smallest absolute Gasteiger partial charge is 0.407 e. The molecule has 3 aromatic heterocycles. The SMILES string of the molecule is CCOC(=O)c1cnn2ccc(NC(C)c3cc(F)cnc3OCCNC(=O)OC(C)(C)C)nc12. The van der Waals surface area contributed by atoms with E-state index in [1.165, 1.54) is 16.8 Å². The van der Waals surface area contributed by atoms with Gasteiger partial charge in [0.2, 0.25) is 5.88 Å². The molecular weight excluding hydrogens is 459 g/mol. The number of halogens is 1. The van der Waals surface area contributed by atoms with Crippen molar-refractivity contribution in [2.75, 3.05) is 25.1 Å². The first-order chi connectivity index (χ1) is 16.6. The van der Waals surface area contributed by atoms with E-state index in [0.717, 1.165) is 6.20 Å². The minimum Gasteiger partial charge on any atom is -0.476 e. The predicted octanol–water partition coefficient (Wildman–Crippen LogP) is 3.52. The number of ether oxygens (including phenoxy) is 3. The number of amides is 1. The highest BCUT2D eigenvalue weighted by Gasteiger charge is 2.19. The first-order valence-electron chi connectivity index (χ1n) is 11.1. The summed E-state index contributed by atoms with van der Waals surface area (Å²) in [6, 6.07) is 2.52. The number of hydrogen-bond acceptors (Lipinski definition) is 9. The summed E-state index contributed by atoms with van der Waals surface area (Å²) in [5, 5.41) is 9.85. The summed E-state index contributed by atoms with van der Waals surface area (Å²) in [4.78, 5) is 32.4. The van der Waals surface area contributed by atoms with Crippen molar-refractivity contribution >= 4 is 23.5 Å². The number of nitrogens with zero attached hydrogens (tertiary/aromatic N) is 4. The molecule has 1 unspecified atom stereocenters. The number of carbonyl (C=O) groups is 2. The van der Waals surface area contributed by atoms with E-state index < -0.39 is 29.5 Å². The maximum Gasteiger partial charge on any atom is 0.407 e. The summed E-state index contributed by atoms with van der Waals surface area (Å²) >= 11 is 0. The maximum atomic E-state index is 14.0. The number of esters is 1. The van der Waals surface area contributed by atoms with E-state index in [9.17, 15) is 14.0 Å². The fraction of sp³-hybridized carbons (Fsp3) is 0.435. The second-order valence-corrected chi connectivity index (χ2v) is 8.55. The lowest BCUT2D eigenvalue weighted by Crippen LogP contribution is -2.34. The van der Waals surface area contributed by atoms with Gasteiger partial charge in [0.15, 0.2) is 5.65 Å². The fourth-order valence-electron chi connectivity index (χ4n) is 3.09. The zero-order valence-electron chi connectivity index (χ0n) is 20.3. The van der Waals surface area contributed by atoms with E-state index in [0.29, 0.717) is 17.0 Å². The van der Waals surface area contributed by atoms with Gasteiger partial charge in [0, 0.05) is 11.8 Å². The number of carbonyl (C=O) groups excluding carboxylic acids is 2. The summed E-state index contributed by atoms with van der Waals surface area (Å²) in [6.45, 7) is 9.30. The molecule has 188 valence electrons. The molecule has 12 heteroatoms. The van der Waals surface area contributed by atoms with Gasteiger partial charge >= 0.3 is 12.1 Å². The number of anilines is 1. The van der Waals surface area contributed by atoms with Crippen LogP contribution < -0.4 is 15.4 Å². The molecule has 1 amide bonds. The van der Waals surface area contributed by atoms with Crippen molar-refractivity contribution in [3.8, 4) is 5.88 Å². The number of aromatic nitrogens is 4. The zero-order chi connectivity index (χ0) is 25.6. The largest absolute Gasteiger partial charge is 0.476 e. The van der Waals surface area contributed by atoms with Crippen molar-refractivity contribution < 1.29 is 28.2 Å². The third-order valence-corrected chi connectivity index (χ3v) is 4.55. The average molecular weight is 489 g/mol. The van der Waals surface area contributed by atoms with Crippen LogP contribution in [0, 0.1) is 5.82 Å². The molecule has 0 fully saturated rings. The van der Waals surface area contributed by atoms with Crippen molar-refractivity contribution in [1.82, 2.24) is 24.9 Å². The lowest BCUT2D eigenvalue weighted by Gasteiger charge is -2.20. The molecule has 0 aliphatic rings. The molecule has 0 bridgehead atoms. The van der Waals surface area contributed by atoms with Crippen molar-refractivity contribution in [2.45, 2.75) is 46.3 Å². The number of hydrogen-bond donors (Lipinski definition) is 2. The molecule has 0 aliphatic carbocycles. The first-order valence-corrected chi connectivity index (χ1v) is 11.1. The molecule has 0 aromatic carbocycles. The van der Waals surface area contributed by atoms with Crippen molar-refractivity contribution in [3.63, 3.8) is 0 Å². The Morgan fingerprint density at radius 1 is 1.26 bits per heavy atom. The van der Waals surface area contributed by atoms with Crippen LogP contribution in [0.4, 0.5) is 15.0 Å². The Labute approximate surface area is 202 Å². The third-order valence-electron chi connectivity index (χ3n) is 4.55. The van der Waals surface area contributed by atoms with Gasteiger partial charge in [-0.05, 0) is 46.8 Å². The van der Waals surface area contributed by atoms with Gasteiger partial charge in [-0.1, -0.05) is 0 Å². The van der Waals surface area contributed by atoms with Crippen LogP contribution in [0.15, 0.2) is 30.7 Å². The van der Waals surface area contributed by atoms with Crippen LogP contribution in [0.3, 0.4) is 0 Å². The highest BCUT2D eigenvalue weighted by Crippen LogP contribution is 2.26. The molecule has 35 heavy (non-hydrogen) atoms. The van der Waals surface area contributed by atoms with Crippen molar-refractivity contribution in [3.05, 3.63) is 47.7 Å². The molecule has 1 atom stereocenters. The highest BCUT2D eigenvalue weighted by molar-refractivity contribution is 5.95. The Kier molecular flexibility index (Phi) is 8.05. The Morgan fingerprint density at radius 2 is 2.03 bits per heavy atom. The van der Waals surface area contributed by atoms with Crippen LogP contribution in [0.2, 0.25) is 0 Å². The van der Waals surface area contributed by atoms with Gasteiger partial charge in [-0.15, -0.1) is 0 Å². The second-order valence-electron chi connectivity index (χ2n) is 8.55. The Balaban J connectivity index is 1.69. The first kappa shape index (κ1) is 25.7. The summed E-state index contributed by atoms with van der Waals surface area (Å²) in [5.41, 5.74) is 0.394. The molecule has 0 radical (unpaired) electrons. The molecule has 0 saturated carbocycles. The van der Waals surface area contributed by atoms with Crippen LogP contribution in [0.1, 0.15) is 56.6 Å². The van der Waals surface area contributed by atoms with Gasteiger partial charge < -0.3 is 24.8 Å². The van der Waals surface area contributed by atoms with Crippen LogP contribution >= 0.6 is 0 Å². The van der Waals surface area contributed by atoms with E-state index in [-0.39, 0.29) is 31.2 Å². The summed E-state index contributed by atoms with van der Waals surface area (Å²) in [5.74, 6) is -0.422. The van der Waals surface area contributed by atoms with Gasteiger partial charge in [-0.25, -0.2) is 28.5 Å². The van der Waals surface area contributed by atoms with Crippen LogP contribution in [0.5, 0.6) is 5.88 Å². The van der Waals surface area contributed by atoms with E-state index in [2.05, 4.69) is 25.7 Å². The second kappa shape index (κ2) is 11.0. The number of rotatable bonds is 9. The monoisotopic (exact) mass is 488 g/mol. The number of nitrogens with one attached hydrogen (secondary N) is 2. The van der Waals surface area contributed by atoms with Gasteiger partial charge in [0.05, 0.1) is 31.6 Å². The van der Waals surface area contributed by atoms with Crippen LogP contribution in [0.25, 0.3) is 5.65 Å². The van der Waals surface area contributed by atoms with E-state index in [1.807, 2.05) is 0 Å². The van der Waals surface area contributed by atoms with Gasteiger partial charge in [-0.3, -0.25) is 0 Å². The maximum absolute atomic E-state index is 14.0. The average Bonchev–Trinajstić information content (AvgIpc) is 3.20. The lowest BCUT2D eigenvalue weighted by molar-refractivity contribution is 0.0513. The molecule has 3 aromatic rings. The predicted molar refractivity (Wildman–Crippen MR) is 125 cm³/mol. The van der Waals surface area contributed by atoms with E-state index >= 15 is 0 Å². The normalized spacial score (nSPS) is 12.2. The Morgan fingerprint density at radius 3 is 2.74 bits per heavy atom. The minimum atomic E-state index is -0.608. The van der Waals surface area contributed by atoms with Gasteiger partial charge in [-0.2, -0.15) is 5.10 Å². The summed E-state index contributed by atoms with van der Waals surface area (Å²) in [6.07, 6.45) is 3.52. The highest BCUT2D eigenvalue weighted by atomic mass is 19.1. The van der Waals surface area contributed by atoms with Crippen molar-refractivity contribution in [1.29, 1.82) is 0 Å². The Hall–Kier alpha value is -3.96. The standard InChI is InChI=1S/C23H29FN6O5/c1-6-33-21(31)17-13-27-30-9-7-18(29-19(17)30)28-14(2)16-11-15(24)12-26-20(16)34-10-8-25-22(32)35-23(3,4)5/h7,9,11-14H,6,8,10H2,1-5H3,(H,25,32)(H,28,29). The molecular formula is C23H29FN6O5. The van der Waals surface area contributed by atoms with E-state index in [1.54, 1.807) is 46.9 Å². The topological polar surface area (TPSA) is 129 Å². The van der Waals surface area contributed by atoms with Gasteiger partial charge in [0.25, 0.3) is 0 Å². The number of pyridine rings is 1. The molecule has 11 nitrogen and oxygen atoms in total. The van der Waals surface area contributed by atoms with Crippen LogP contribution in [-0.2, 0) is 9.47 Å². The van der Waals surface area contributed by atoms with Gasteiger partial charge in [0.1, 0.15) is 29.4 Å². The molecule has 3 rings (SSSR count). The molecule has 3 heterocycles. The molecule has 0 spiro atoms. The quantitative estimate of drug-likeness (QED) is 0.343. The summed E-state index contributed by atoms with van der Waals surface area (Å²) < 4.78 is 31.3. The number of fused-ring (bicyclic) bond motifs is 1. The van der Waals surface area contributed by atoms with Crippen LogP contribution in [-0.4, -0.2) is 57.0 Å². The fourth-order valence-corrected chi connectivity index (χ4v) is 3.09. The minimum absolute atomic E-state index is 0.0977.